The van der Waals surface area contributed by atoms with Crippen LogP contribution in [0.25, 0.3) is 33.4 Å². The first kappa shape index (κ1) is 57.7. The Bertz CT molecular complexity index is 3320. The Morgan fingerprint density at radius 3 is 1.81 bits per heavy atom. The van der Waals surface area contributed by atoms with Crippen LogP contribution in [-0.4, -0.2) is 63.0 Å². The van der Waals surface area contributed by atoms with Gasteiger partial charge < -0.3 is 33.6 Å². The molecule has 0 fully saturated rings. The Hall–Kier alpha value is -4.65. The fourth-order valence-corrected chi connectivity index (χ4v) is 9.26. The van der Waals surface area contributed by atoms with Gasteiger partial charge >= 0.3 is 81.9 Å². The van der Waals surface area contributed by atoms with Gasteiger partial charge in [-0.2, -0.15) is 6.07 Å². The van der Waals surface area contributed by atoms with Crippen molar-refractivity contribution in [3.05, 3.63) is 105 Å². The van der Waals surface area contributed by atoms with Crippen molar-refractivity contribution in [2.75, 3.05) is 16.0 Å². The molecule has 350 valence electrons. The maximum absolute atomic E-state index is 12.7. The van der Waals surface area contributed by atoms with E-state index in [1.165, 1.54) is 32.0 Å². The number of fused-ring (bicyclic) bond motifs is 2. The third-order valence-electron chi connectivity index (χ3n) is 10.1. The van der Waals surface area contributed by atoms with Crippen LogP contribution >= 0.6 is 0 Å². The minimum atomic E-state index is -5.04. The van der Waals surface area contributed by atoms with Gasteiger partial charge in [0.2, 0.25) is 11.0 Å². The van der Waals surface area contributed by atoms with Crippen molar-refractivity contribution in [2.24, 2.45) is 0 Å². The summed E-state index contributed by atoms with van der Waals surface area (Å²) in [7, 11) is -13.1. The summed E-state index contributed by atoms with van der Waals surface area (Å²) in [6.45, 7) is 16.9. The number of ether oxygens (including phenoxy) is 2. The fraction of sp³-hybridized carbons (Fsp3) is 0.267. The first-order valence-electron chi connectivity index (χ1n) is 20.0. The van der Waals surface area contributed by atoms with Crippen molar-refractivity contribution in [3.63, 3.8) is 0 Å². The summed E-state index contributed by atoms with van der Waals surface area (Å²) in [5.41, 5.74) is 5.99. The number of nitrogens with one attached hydrogen (secondary N) is 4. The Kier molecular flexibility index (Phi) is 19.8. The molecule has 2 amide bonds. The molecule has 4 aromatic rings. The quantitative estimate of drug-likeness (QED) is 0.0634. The summed E-state index contributed by atoms with van der Waals surface area (Å²) in [5, 5.41) is 9.65. The normalized spacial score (nSPS) is 11.6. The van der Waals surface area contributed by atoms with Gasteiger partial charge in [-0.3, -0.25) is 5.32 Å². The van der Waals surface area contributed by atoms with Gasteiger partial charge in [-0.25, -0.2) is 31.4 Å². The monoisotopic (exact) mass is 1010 g/mol. The molecule has 0 unspecified atom stereocenters. The summed E-state index contributed by atoms with van der Waals surface area (Å²) in [6, 6.07) is 19.2. The summed E-state index contributed by atoms with van der Waals surface area (Å²) in [4.78, 5) is 27.5. The van der Waals surface area contributed by atoms with E-state index in [-0.39, 0.29) is 105 Å². The molecule has 1 heterocycles. The molecule has 0 aromatic heterocycles. The summed E-state index contributed by atoms with van der Waals surface area (Å²) >= 11 is 0. The van der Waals surface area contributed by atoms with Crippen LogP contribution in [0, 0.1) is 47.6 Å². The maximum Gasteiger partial charge on any atom is 1.00 e. The summed E-state index contributed by atoms with van der Waals surface area (Å²) < 4.78 is 118. The smallest absolute Gasteiger partial charge is 0.744 e. The molecule has 0 saturated carbocycles. The van der Waals surface area contributed by atoms with E-state index in [0.29, 0.717) is 55.6 Å². The molecule has 4 N–H and O–H groups in total. The van der Waals surface area contributed by atoms with Crippen molar-refractivity contribution < 1.29 is 126 Å². The van der Waals surface area contributed by atoms with Crippen molar-refractivity contribution in [1.29, 1.82) is 0 Å². The molecule has 0 saturated heterocycles. The number of carbonyl (C=O) groups is 2. The third-order valence-corrected chi connectivity index (χ3v) is 12.1. The number of amides is 2. The Morgan fingerprint density at radius 2 is 1.25 bits per heavy atom. The zero-order valence-electron chi connectivity index (χ0n) is 39.4. The number of rotatable bonds is 10. The molecule has 18 nitrogen and oxygen atoms in total. The molecule has 1 aliphatic heterocycles. The van der Waals surface area contributed by atoms with Gasteiger partial charge in [-0.15, -0.1) is 29.3 Å². The van der Waals surface area contributed by atoms with E-state index in [2.05, 4.69) is 27.0 Å². The molecular weight excluding hydrogens is 963 g/mol. The first-order valence-corrected chi connectivity index (χ1v) is 23.8. The minimum absolute atomic E-state index is 0. The Labute approximate surface area is 439 Å². The van der Waals surface area contributed by atoms with Crippen LogP contribution < -0.4 is 85.4 Å². The number of benzene rings is 5. The SMILES string of the molecule is Cc1[c-]c(C)c(Nc2ccc3c(-c4ccccc4S(=O)(=O)[O-])c4ccc(=[NH+]c5c(C)c(NC(=O)OC(C)C)c(C)c(S(=O)(=O)[O-])c5C)cc-4oc3c2)c(C)c1NC(=O)OC(C)C.O=S(=O)=O.[Na+].[Na+]. The average molecular weight is 1010 g/mol. The third kappa shape index (κ3) is 13.6. The van der Waals surface area contributed by atoms with E-state index >= 15 is 0 Å². The zero-order valence-corrected chi connectivity index (χ0v) is 45.8. The van der Waals surface area contributed by atoms with Crippen LogP contribution in [0.15, 0.2) is 74.9 Å². The molecular formula is C45H46N4Na2O14S3. The average Bonchev–Trinajstić information content (AvgIpc) is 3.18. The van der Waals surface area contributed by atoms with Crippen molar-refractivity contribution in [1.82, 2.24) is 0 Å². The van der Waals surface area contributed by atoms with Gasteiger partial charge in [-0.05, 0) is 78.3 Å². The summed E-state index contributed by atoms with van der Waals surface area (Å²) in [5.74, 6) is 0.233. The fourth-order valence-electron chi connectivity index (χ4n) is 7.62. The van der Waals surface area contributed by atoms with Gasteiger partial charge in [0, 0.05) is 51.0 Å². The van der Waals surface area contributed by atoms with Crippen molar-refractivity contribution >= 4 is 82.4 Å². The molecule has 4 aromatic carbocycles. The first-order chi connectivity index (χ1) is 30.7. The topological polar surface area (TPSA) is 281 Å². The number of anilines is 4. The van der Waals surface area contributed by atoms with E-state index in [0.717, 1.165) is 5.56 Å². The molecule has 0 spiro atoms. The van der Waals surface area contributed by atoms with Crippen LogP contribution in [0.1, 0.15) is 61.1 Å². The molecule has 0 atom stereocenters. The van der Waals surface area contributed by atoms with Crippen LogP contribution in [0.4, 0.5) is 38.0 Å². The molecule has 1 aliphatic carbocycles. The molecule has 6 rings (SSSR count). The van der Waals surface area contributed by atoms with Gasteiger partial charge in [0.15, 0.2) is 0 Å². The number of hydrogen-bond donors (Lipinski definition) is 4. The van der Waals surface area contributed by atoms with E-state index < -0.39 is 58.9 Å². The van der Waals surface area contributed by atoms with Gasteiger partial charge in [0.1, 0.15) is 31.6 Å². The van der Waals surface area contributed by atoms with Crippen molar-refractivity contribution in [2.45, 2.75) is 91.2 Å². The predicted octanol–water partition coefficient (Wildman–Crippen LogP) is 0.638. The standard InChI is InChI=1S/C45H47N4O11S2.2Na.O3S/c1-22(2)58-44(50)48-40-25(6)19-24(5)39(26(40)7)46-30-15-17-32-35(20-30)60-36-21-31(16-18-33(36)38(32)34-13-11-12-14-37(34)61(52,53)54)47-41-27(8)42(49-45(51)59-23(3)4)29(10)43(28(41)9)62(55,56)57;;;1-4(2)3/h11-18,20-23,46H,1-10H3,(H,48,50)(H,49,51)(H,52,53,54)(H,55,56,57);;;/q-1;2*+1;/p-1. The second-order valence-corrected chi connectivity index (χ2v) is 18.7. The molecule has 2 aliphatic rings. The van der Waals surface area contributed by atoms with E-state index in [4.69, 9.17) is 26.5 Å². The van der Waals surface area contributed by atoms with Gasteiger partial charge in [0.25, 0.3) is 0 Å². The van der Waals surface area contributed by atoms with E-state index in [1.54, 1.807) is 77.1 Å². The van der Waals surface area contributed by atoms with Crippen LogP contribution in [0.5, 0.6) is 0 Å². The molecule has 68 heavy (non-hydrogen) atoms. The number of carbonyl (C=O) groups excluding carboxylic acids is 2. The maximum atomic E-state index is 12.7. The second-order valence-electron chi connectivity index (χ2n) is 15.6. The largest absolute Gasteiger partial charge is 1.00 e. The Morgan fingerprint density at radius 1 is 0.691 bits per heavy atom. The van der Waals surface area contributed by atoms with E-state index in [9.17, 15) is 35.5 Å². The van der Waals surface area contributed by atoms with E-state index in [1.807, 2.05) is 20.8 Å². The zero-order chi connectivity index (χ0) is 49.2. The molecule has 0 radical (unpaired) electrons. The second kappa shape index (κ2) is 23.3. The van der Waals surface area contributed by atoms with Crippen molar-refractivity contribution in [3.8, 4) is 22.5 Å². The number of hydrogen-bond acceptors (Lipinski definition) is 15. The van der Waals surface area contributed by atoms with Gasteiger partial charge in [0.05, 0.1) is 33.8 Å². The van der Waals surface area contributed by atoms with Crippen LogP contribution in [-0.2, 0) is 40.3 Å². The molecule has 23 heteroatoms. The number of aryl methyl sites for hydroxylation is 2. The molecule has 0 bridgehead atoms. The van der Waals surface area contributed by atoms with Crippen LogP contribution in [0.2, 0.25) is 0 Å². The predicted molar refractivity (Wildman–Crippen MR) is 242 cm³/mol. The Balaban J connectivity index is 0.00000196. The van der Waals surface area contributed by atoms with Gasteiger partial charge in [-0.1, -0.05) is 50.3 Å². The summed E-state index contributed by atoms with van der Waals surface area (Å²) in [6.07, 6.45) is -2.27. The minimum Gasteiger partial charge on any atom is -0.744 e. The van der Waals surface area contributed by atoms with Crippen LogP contribution in [0.3, 0.4) is 0 Å².